The second kappa shape index (κ2) is 6.84. The highest BCUT2D eigenvalue weighted by atomic mass is 16.5. The fourth-order valence-electron chi connectivity index (χ4n) is 2.98. The molecule has 0 saturated carbocycles. The monoisotopic (exact) mass is 357 g/mol. The van der Waals surface area contributed by atoms with Gasteiger partial charge in [-0.25, -0.2) is 14.8 Å². The van der Waals surface area contributed by atoms with Crippen LogP contribution >= 0.6 is 0 Å². The zero-order valence-electron chi connectivity index (χ0n) is 14.5. The molecule has 2 aromatic carbocycles. The van der Waals surface area contributed by atoms with Crippen molar-refractivity contribution in [2.75, 3.05) is 7.11 Å². The summed E-state index contributed by atoms with van der Waals surface area (Å²) >= 11 is 0. The lowest BCUT2D eigenvalue weighted by Crippen LogP contribution is -2.04. The first kappa shape index (κ1) is 16.7. The van der Waals surface area contributed by atoms with E-state index in [2.05, 4.69) is 9.97 Å². The zero-order chi connectivity index (χ0) is 18.8. The molecular formula is C21H15N3O3. The van der Waals surface area contributed by atoms with Crippen LogP contribution in [0.2, 0.25) is 0 Å². The van der Waals surface area contributed by atoms with Gasteiger partial charge in [0.25, 0.3) is 0 Å². The van der Waals surface area contributed by atoms with E-state index in [1.807, 2.05) is 42.6 Å². The zero-order valence-corrected chi connectivity index (χ0v) is 14.5. The molecule has 0 spiro atoms. The summed E-state index contributed by atoms with van der Waals surface area (Å²) in [5.41, 5.74) is 4.32. The SMILES string of the molecule is COC(=O)c1nc2ncccn2c1-c1ccc(-c2ccc(C=O)cc2)cc1. The van der Waals surface area contributed by atoms with E-state index in [1.165, 1.54) is 7.11 Å². The van der Waals surface area contributed by atoms with Gasteiger partial charge < -0.3 is 4.74 Å². The number of ether oxygens (including phenoxy) is 1. The van der Waals surface area contributed by atoms with Crippen molar-refractivity contribution < 1.29 is 14.3 Å². The number of hydrogen-bond donors (Lipinski definition) is 0. The average Bonchev–Trinajstić information content (AvgIpc) is 3.13. The summed E-state index contributed by atoms with van der Waals surface area (Å²) in [4.78, 5) is 31.5. The lowest BCUT2D eigenvalue weighted by Gasteiger charge is -2.07. The normalized spacial score (nSPS) is 10.7. The largest absolute Gasteiger partial charge is 0.464 e. The van der Waals surface area contributed by atoms with Gasteiger partial charge in [-0.15, -0.1) is 0 Å². The summed E-state index contributed by atoms with van der Waals surface area (Å²) in [6.07, 6.45) is 4.25. The molecule has 0 unspecified atom stereocenters. The first-order valence-electron chi connectivity index (χ1n) is 8.28. The second-order valence-electron chi connectivity index (χ2n) is 5.91. The highest BCUT2D eigenvalue weighted by Gasteiger charge is 2.21. The molecule has 2 aromatic heterocycles. The van der Waals surface area contributed by atoms with E-state index in [0.717, 1.165) is 23.0 Å². The highest BCUT2D eigenvalue weighted by Crippen LogP contribution is 2.28. The van der Waals surface area contributed by atoms with Crippen molar-refractivity contribution in [3.8, 4) is 22.4 Å². The van der Waals surface area contributed by atoms with Crippen LogP contribution < -0.4 is 0 Å². The van der Waals surface area contributed by atoms with E-state index in [1.54, 1.807) is 28.8 Å². The summed E-state index contributed by atoms with van der Waals surface area (Å²) < 4.78 is 6.64. The maximum absolute atomic E-state index is 12.2. The quantitative estimate of drug-likeness (QED) is 0.412. The number of aldehydes is 1. The van der Waals surface area contributed by atoms with E-state index in [4.69, 9.17) is 4.74 Å². The van der Waals surface area contributed by atoms with E-state index >= 15 is 0 Å². The molecule has 0 atom stereocenters. The molecular weight excluding hydrogens is 342 g/mol. The van der Waals surface area contributed by atoms with Crippen LogP contribution in [0, 0.1) is 0 Å². The Morgan fingerprint density at radius 1 is 1.00 bits per heavy atom. The number of carbonyl (C=O) groups is 2. The summed E-state index contributed by atoms with van der Waals surface area (Å²) in [6.45, 7) is 0. The predicted molar refractivity (Wildman–Crippen MR) is 101 cm³/mol. The van der Waals surface area contributed by atoms with Crippen molar-refractivity contribution in [3.05, 3.63) is 78.2 Å². The molecule has 0 saturated heterocycles. The Bertz CT molecular complexity index is 1130. The number of nitrogens with zero attached hydrogens (tertiary/aromatic N) is 3. The third kappa shape index (κ3) is 2.97. The molecule has 0 N–H and O–H groups in total. The summed E-state index contributed by atoms with van der Waals surface area (Å²) in [5.74, 6) is -0.0783. The Morgan fingerprint density at radius 2 is 1.63 bits per heavy atom. The summed E-state index contributed by atoms with van der Waals surface area (Å²) in [6, 6.07) is 16.9. The van der Waals surface area contributed by atoms with Crippen LogP contribution in [0.25, 0.3) is 28.2 Å². The van der Waals surface area contributed by atoms with Crippen LogP contribution in [0.4, 0.5) is 0 Å². The molecule has 4 rings (SSSR count). The van der Waals surface area contributed by atoms with Gasteiger partial charge in [0.05, 0.1) is 12.8 Å². The maximum atomic E-state index is 12.2. The number of carbonyl (C=O) groups excluding carboxylic acids is 2. The number of hydrogen-bond acceptors (Lipinski definition) is 5. The molecule has 6 nitrogen and oxygen atoms in total. The number of esters is 1. The smallest absolute Gasteiger partial charge is 0.359 e. The minimum atomic E-state index is -0.510. The number of benzene rings is 2. The Morgan fingerprint density at radius 3 is 2.26 bits per heavy atom. The fourth-order valence-corrected chi connectivity index (χ4v) is 2.98. The number of aromatic nitrogens is 3. The average molecular weight is 357 g/mol. The third-order valence-electron chi connectivity index (χ3n) is 4.32. The highest BCUT2D eigenvalue weighted by molar-refractivity contribution is 5.95. The van der Waals surface area contributed by atoms with Gasteiger partial charge in [0.2, 0.25) is 5.78 Å². The topological polar surface area (TPSA) is 73.6 Å². The van der Waals surface area contributed by atoms with Crippen LogP contribution in [0.15, 0.2) is 67.0 Å². The van der Waals surface area contributed by atoms with Crippen molar-refractivity contribution in [1.29, 1.82) is 0 Å². The molecule has 27 heavy (non-hydrogen) atoms. The van der Waals surface area contributed by atoms with Gasteiger partial charge in [-0.1, -0.05) is 48.5 Å². The molecule has 0 aliphatic heterocycles. The second-order valence-corrected chi connectivity index (χ2v) is 5.91. The van der Waals surface area contributed by atoms with Crippen molar-refractivity contribution in [2.24, 2.45) is 0 Å². The fraction of sp³-hybridized carbons (Fsp3) is 0.0476. The Kier molecular flexibility index (Phi) is 4.22. The van der Waals surface area contributed by atoms with Gasteiger partial charge >= 0.3 is 5.97 Å². The van der Waals surface area contributed by atoms with Gasteiger partial charge in [-0.3, -0.25) is 9.20 Å². The molecule has 0 bridgehead atoms. The maximum Gasteiger partial charge on any atom is 0.359 e. The van der Waals surface area contributed by atoms with Crippen LogP contribution in [0.3, 0.4) is 0 Å². The minimum absolute atomic E-state index is 0.222. The number of rotatable bonds is 4. The van der Waals surface area contributed by atoms with Crippen molar-refractivity contribution in [2.45, 2.75) is 0 Å². The first-order chi connectivity index (χ1) is 13.2. The third-order valence-corrected chi connectivity index (χ3v) is 4.32. The van der Waals surface area contributed by atoms with Crippen LogP contribution in [0.5, 0.6) is 0 Å². The summed E-state index contributed by atoms with van der Waals surface area (Å²) in [5, 5.41) is 0. The molecule has 0 aliphatic rings. The minimum Gasteiger partial charge on any atom is -0.464 e. The summed E-state index contributed by atoms with van der Waals surface area (Å²) in [7, 11) is 1.33. The van der Waals surface area contributed by atoms with Crippen molar-refractivity contribution in [1.82, 2.24) is 14.4 Å². The van der Waals surface area contributed by atoms with E-state index in [0.29, 0.717) is 17.0 Å². The van der Waals surface area contributed by atoms with Gasteiger partial charge in [0.1, 0.15) is 6.29 Å². The number of imidazole rings is 1. The van der Waals surface area contributed by atoms with Gasteiger partial charge in [0.15, 0.2) is 5.69 Å². The Balaban J connectivity index is 1.79. The molecule has 132 valence electrons. The van der Waals surface area contributed by atoms with Crippen molar-refractivity contribution >= 4 is 18.0 Å². The van der Waals surface area contributed by atoms with E-state index < -0.39 is 5.97 Å². The molecule has 4 aromatic rings. The van der Waals surface area contributed by atoms with Gasteiger partial charge in [-0.05, 0) is 17.2 Å². The lowest BCUT2D eigenvalue weighted by molar-refractivity contribution is 0.0595. The molecule has 0 aliphatic carbocycles. The van der Waals surface area contributed by atoms with E-state index in [9.17, 15) is 9.59 Å². The molecule has 0 amide bonds. The van der Waals surface area contributed by atoms with Crippen LogP contribution in [-0.4, -0.2) is 33.7 Å². The van der Waals surface area contributed by atoms with Crippen molar-refractivity contribution in [3.63, 3.8) is 0 Å². The number of fused-ring (bicyclic) bond motifs is 1. The van der Waals surface area contributed by atoms with Gasteiger partial charge in [-0.2, -0.15) is 0 Å². The Hall–Kier alpha value is -3.80. The first-order valence-corrected chi connectivity index (χ1v) is 8.28. The standard InChI is InChI=1S/C21H15N3O3/c1-27-20(26)18-19(24-12-2-11-22-21(24)23-18)17-9-7-16(8-10-17)15-5-3-14(13-25)4-6-15/h2-13H,1H3. The molecule has 2 heterocycles. The molecule has 0 fully saturated rings. The van der Waals surface area contributed by atoms with E-state index in [-0.39, 0.29) is 5.69 Å². The van der Waals surface area contributed by atoms with Gasteiger partial charge in [0, 0.05) is 23.5 Å². The Labute approximate surface area is 155 Å². The van der Waals surface area contributed by atoms with Crippen LogP contribution in [0.1, 0.15) is 20.8 Å². The molecule has 0 radical (unpaired) electrons. The van der Waals surface area contributed by atoms with Crippen LogP contribution in [-0.2, 0) is 4.74 Å². The predicted octanol–water partition coefficient (Wildman–Crippen LogP) is 3.66. The number of methoxy groups -OCH3 is 1. The molecule has 6 heteroatoms. The lowest BCUT2D eigenvalue weighted by atomic mass is 10.0.